The van der Waals surface area contributed by atoms with Crippen LogP contribution in [0.4, 0.5) is 4.39 Å². The standard InChI is InChI=1S/C20H22FN3O4/c21-12-3-4-17-15(5-12)16(8-18(25)23-17)20(28)22-13-6-14(7-13)24(10-19(26)27)9-11-1-2-11/h3-5,8,11,13-14H,1-2,6-7,9-10H2,(H,22,28)(H,23,25)(H,26,27). The van der Waals surface area contributed by atoms with Crippen LogP contribution in [0.25, 0.3) is 10.9 Å². The molecule has 0 aliphatic heterocycles. The van der Waals surface area contributed by atoms with Crippen LogP contribution in [0.1, 0.15) is 36.0 Å². The zero-order valence-corrected chi connectivity index (χ0v) is 15.3. The lowest BCUT2D eigenvalue weighted by molar-refractivity contribution is -0.139. The molecule has 0 saturated heterocycles. The van der Waals surface area contributed by atoms with Gasteiger partial charge in [0, 0.05) is 35.6 Å². The highest BCUT2D eigenvalue weighted by molar-refractivity contribution is 6.06. The van der Waals surface area contributed by atoms with E-state index in [-0.39, 0.29) is 24.2 Å². The van der Waals surface area contributed by atoms with E-state index >= 15 is 0 Å². The molecule has 28 heavy (non-hydrogen) atoms. The largest absolute Gasteiger partial charge is 0.480 e. The van der Waals surface area contributed by atoms with Gasteiger partial charge in [0.15, 0.2) is 0 Å². The maximum Gasteiger partial charge on any atom is 0.317 e. The quantitative estimate of drug-likeness (QED) is 0.671. The van der Waals surface area contributed by atoms with Gasteiger partial charge in [0.05, 0.1) is 12.1 Å². The number of aromatic amines is 1. The minimum atomic E-state index is -0.842. The van der Waals surface area contributed by atoms with Crippen LogP contribution in [0.5, 0.6) is 0 Å². The van der Waals surface area contributed by atoms with Gasteiger partial charge in [0.25, 0.3) is 5.91 Å². The first-order chi connectivity index (χ1) is 13.4. The Morgan fingerprint density at radius 1 is 1.25 bits per heavy atom. The molecule has 1 amide bonds. The number of benzene rings is 1. The van der Waals surface area contributed by atoms with Crippen LogP contribution in [-0.2, 0) is 4.79 Å². The predicted octanol–water partition coefficient (Wildman–Crippen LogP) is 1.72. The Bertz CT molecular complexity index is 979. The fraction of sp³-hybridized carbons (Fsp3) is 0.450. The van der Waals surface area contributed by atoms with Gasteiger partial charge in [-0.05, 0) is 49.8 Å². The topological polar surface area (TPSA) is 102 Å². The van der Waals surface area contributed by atoms with Crippen molar-refractivity contribution in [2.45, 2.75) is 37.8 Å². The summed E-state index contributed by atoms with van der Waals surface area (Å²) in [6.45, 7) is 0.801. The number of fused-ring (bicyclic) bond motifs is 1. The van der Waals surface area contributed by atoms with E-state index in [9.17, 15) is 18.8 Å². The molecule has 0 spiro atoms. The van der Waals surface area contributed by atoms with E-state index < -0.39 is 23.3 Å². The number of hydrogen-bond donors (Lipinski definition) is 3. The van der Waals surface area contributed by atoms with E-state index in [1.165, 1.54) is 24.3 Å². The molecule has 4 rings (SSSR count). The number of rotatable bonds is 7. The average Bonchev–Trinajstić information content (AvgIpc) is 3.40. The minimum Gasteiger partial charge on any atom is -0.480 e. The van der Waals surface area contributed by atoms with Gasteiger partial charge >= 0.3 is 5.97 Å². The Morgan fingerprint density at radius 3 is 2.68 bits per heavy atom. The molecule has 0 bridgehead atoms. The predicted molar refractivity (Wildman–Crippen MR) is 101 cm³/mol. The van der Waals surface area contributed by atoms with Gasteiger partial charge in [-0.3, -0.25) is 19.3 Å². The van der Waals surface area contributed by atoms with E-state index in [1.807, 2.05) is 4.90 Å². The molecule has 0 unspecified atom stereocenters. The third-order valence-corrected chi connectivity index (χ3v) is 5.54. The number of amides is 1. The molecule has 2 aromatic rings. The fourth-order valence-electron chi connectivity index (χ4n) is 3.83. The number of carbonyl (C=O) groups excluding carboxylic acids is 1. The number of carbonyl (C=O) groups is 2. The van der Waals surface area contributed by atoms with Gasteiger partial charge in [0.2, 0.25) is 5.56 Å². The van der Waals surface area contributed by atoms with Crippen molar-refractivity contribution >= 4 is 22.8 Å². The molecule has 2 aliphatic carbocycles. The van der Waals surface area contributed by atoms with Crippen molar-refractivity contribution in [1.82, 2.24) is 15.2 Å². The van der Waals surface area contributed by atoms with Crippen molar-refractivity contribution in [3.63, 3.8) is 0 Å². The lowest BCUT2D eigenvalue weighted by atomic mass is 9.85. The molecule has 3 N–H and O–H groups in total. The number of pyridine rings is 1. The number of aliphatic carboxylic acids is 1. The number of halogens is 1. The van der Waals surface area contributed by atoms with Crippen LogP contribution in [-0.4, -0.2) is 52.0 Å². The van der Waals surface area contributed by atoms with Crippen LogP contribution in [0, 0.1) is 11.7 Å². The maximum atomic E-state index is 13.6. The zero-order chi connectivity index (χ0) is 19.8. The van der Waals surface area contributed by atoms with E-state index in [4.69, 9.17) is 5.11 Å². The Balaban J connectivity index is 1.42. The second-order valence-electron chi connectivity index (χ2n) is 7.80. The molecule has 148 valence electrons. The summed E-state index contributed by atoms with van der Waals surface area (Å²) in [7, 11) is 0. The summed E-state index contributed by atoms with van der Waals surface area (Å²) in [4.78, 5) is 40.2. The van der Waals surface area contributed by atoms with E-state index in [0.717, 1.165) is 19.4 Å². The fourth-order valence-corrected chi connectivity index (χ4v) is 3.83. The number of aromatic nitrogens is 1. The molecule has 2 fully saturated rings. The molecule has 1 aromatic carbocycles. The summed E-state index contributed by atoms with van der Waals surface area (Å²) in [6, 6.07) is 5.12. The van der Waals surface area contributed by atoms with Crippen molar-refractivity contribution in [3.05, 3.63) is 46.0 Å². The third-order valence-electron chi connectivity index (χ3n) is 5.54. The van der Waals surface area contributed by atoms with Crippen LogP contribution in [0.3, 0.4) is 0 Å². The Labute approximate surface area is 160 Å². The van der Waals surface area contributed by atoms with Gasteiger partial charge in [0.1, 0.15) is 5.82 Å². The Hall–Kier alpha value is -2.74. The number of hydrogen-bond acceptors (Lipinski definition) is 4. The molecule has 8 heteroatoms. The summed E-state index contributed by atoms with van der Waals surface area (Å²) in [5, 5.41) is 12.4. The van der Waals surface area contributed by atoms with Gasteiger partial charge in [-0.25, -0.2) is 4.39 Å². The monoisotopic (exact) mass is 387 g/mol. The second-order valence-corrected chi connectivity index (χ2v) is 7.80. The van der Waals surface area contributed by atoms with Crippen molar-refractivity contribution in [1.29, 1.82) is 0 Å². The average molecular weight is 387 g/mol. The summed E-state index contributed by atoms with van der Waals surface area (Å²) in [5.74, 6) is -1.16. The van der Waals surface area contributed by atoms with Crippen LogP contribution in [0.15, 0.2) is 29.1 Å². The van der Waals surface area contributed by atoms with Crippen molar-refractivity contribution < 1.29 is 19.1 Å². The number of carboxylic acids is 1. The highest BCUT2D eigenvalue weighted by atomic mass is 19.1. The Kier molecular flexibility index (Phi) is 4.89. The Morgan fingerprint density at radius 2 is 2.00 bits per heavy atom. The zero-order valence-electron chi connectivity index (χ0n) is 15.3. The second kappa shape index (κ2) is 7.35. The van der Waals surface area contributed by atoms with E-state index in [1.54, 1.807) is 0 Å². The number of nitrogens with zero attached hydrogens (tertiary/aromatic N) is 1. The number of carboxylic acid groups (broad SMARTS) is 1. The van der Waals surface area contributed by atoms with Crippen molar-refractivity contribution in [2.75, 3.05) is 13.1 Å². The first-order valence-electron chi connectivity index (χ1n) is 9.48. The molecule has 0 atom stereocenters. The van der Waals surface area contributed by atoms with Gasteiger partial charge in [-0.15, -0.1) is 0 Å². The van der Waals surface area contributed by atoms with Crippen LogP contribution < -0.4 is 10.9 Å². The van der Waals surface area contributed by atoms with E-state index in [0.29, 0.717) is 29.7 Å². The summed E-state index contributed by atoms with van der Waals surface area (Å²) in [6.07, 6.45) is 3.63. The molecule has 2 aliphatic rings. The van der Waals surface area contributed by atoms with Gasteiger partial charge in [-0.2, -0.15) is 0 Å². The third kappa shape index (κ3) is 4.06. The lowest BCUT2D eigenvalue weighted by Crippen LogP contribution is -2.55. The highest BCUT2D eigenvalue weighted by Gasteiger charge is 2.38. The summed E-state index contributed by atoms with van der Waals surface area (Å²) >= 11 is 0. The number of nitrogens with one attached hydrogen (secondary N) is 2. The van der Waals surface area contributed by atoms with Gasteiger partial charge < -0.3 is 15.4 Å². The van der Waals surface area contributed by atoms with Crippen molar-refractivity contribution in [2.24, 2.45) is 5.92 Å². The molecule has 1 aromatic heterocycles. The van der Waals surface area contributed by atoms with Crippen LogP contribution >= 0.6 is 0 Å². The van der Waals surface area contributed by atoms with E-state index in [2.05, 4.69) is 10.3 Å². The molecule has 1 heterocycles. The molecule has 2 saturated carbocycles. The molecule has 7 nitrogen and oxygen atoms in total. The smallest absolute Gasteiger partial charge is 0.317 e. The summed E-state index contributed by atoms with van der Waals surface area (Å²) in [5.41, 5.74) is 0.123. The van der Waals surface area contributed by atoms with Gasteiger partial charge in [-0.1, -0.05) is 0 Å². The van der Waals surface area contributed by atoms with Crippen molar-refractivity contribution in [3.8, 4) is 0 Å². The maximum absolute atomic E-state index is 13.6. The normalized spacial score (nSPS) is 21.5. The minimum absolute atomic E-state index is 0.0137. The molecular weight excluding hydrogens is 365 g/mol. The summed E-state index contributed by atoms with van der Waals surface area (Å²) < 4.78 is 13.6. The number of H-pyrrole nitrogens is 1. The first kappa shape index (κ1) is 18.6. The lowest BCUT2D eigenvalue weighted by Gasteiger charge is -2.42. The highest BCUT2D eigenvalue weighted by Crippen LogP contribution is 2.34. The molecule has 0 radical (unpaired) electrons. The SMILES string of the molecule is O=C(O)CN(CC1CC1)C1CC(NC(=O)c2cc(=O)[nH]c3ccc(F)cc23)C1. The molecular formula is C20H22FN3O4. The van der Waals surface area contributed by atoms with Crippen LogP contribution in [0.2, 0.25) is 0 Å². The first-order valence-corrected chi connectivity index (χ1v) is 9.48.